The average Bonchev–Trinajstić information content (AvgIpc) is 2.52. The number of nitrogens with two attached hydrogens (primary N) is 1. The maximum atomic E-state index is 12.3. The van der Waals surface area contributed by atoms with Gasteiger partial charge in [-0.2, -0.15) is 0 Å². The van der Waals surface area contributed by atoms with Crippen LogP contribution in [0.1, 0.15) is 37.0 Å². The second-order valence-electron chi connectivity index (χ2n) is 6.33. The Kier molecular flexibility index (Phi) is 5.78. The summed E-state index contributed by atoms with van der Waals surface area (Å²) in [6.45, 7) is 6.66. The van der Waals surface area contributed by atoms with Crippen molar-refractivity contribution in [1.82, 2.24) is 9.62 Å². The number of sulfonamides is 1. The molecule has 1 heterocycles. The molecule has 1 amide bonds. The first kappa shape index (κ1) is 17.9. The van der Waals surface area contributed by atoms with Gasteiger partial charge >= 0.3 is 0 Å². The first-order valence-electron chi connectivity index (χ1n) is 7.93. The third kappa shape index (κ3) is 4.76. The molecule has 23 heavy (non-hydrogen) atoms. The van der Waals surface area contributed by atoms with E-state index in [2.05, 4.69) is 16.5 Å². The van der Waals surface area contributed by atoms with Crippen LogP contribution in [0.5, 0.6) is 0 Å². The van der Waals surface area contributed by atoms with Crippen LogP contribution in [0.2, 0.25) is 0 Å². The molecule has 1 aromatic carbocycles. The SMILES string of the molecule is CC1CCCN(C(C)CNS(=O)(=O)c2ccc(C(N)=O)cc2)C1. The molecule has 1 aromatic rings. The average molecular weight is 339 g/mol. The van der Waals surface area contributed by atoms with Gasteiger partial charge in [-0.25, -0.2) is 13.1 Å². The number of nitrogens with zero attached hydrogens (tertiary/aromatic N) is 1. The van der Waals surface area contributed by atoms with Crippen molar-refractivity contribution in [1.29, 1.82) is 0 Å². The highest BCUT2D eigenvalue weighted by atomic mass is 32.2. The second-order valence-corrected chi connectivity index (χ2v) is 8.10. The number of benzene rings is 1. The van der Waals surface area contributed by atoms with Gasteiger partial charge in [-0.15, -0.1) is 0 Å². The smallest absolute Gasteiger partial charge is 0.248 e. The first-order chi connectivity index (χ1) is 10.8. The molecule has 1 fully saturated rings. The highest BCUT2D eigenvalue weighted by Gasteiger charge is 2.22. The molecule has 1 aliphatic heterocycles. The van der Waals surface area contributed by atoms with Gasteiger partial charge in [0.1, 0.15) is 0 Å². The third-order valence-electron chi connectivity index (χ3n) is 4.33. The van der Waals surface area contributed by atoms with Crippen LogP contribution >= 0.6 is 0 Å². The van der Waals surface area contributed by atoms with E-state index in [1.54, 1.807) is 0 Å². The maximum absolute atomic E-state index is 12.3. The lowest BCUT2D eigenvalue weighted by atomic mass is 9.99. The molecule has 2 atom stereocenters. The van der Waals surface area contributed by atoms with E-state index < -0.39 is 15.9 Å². The number of carbonyl (C=O) groups excluding carboxylic acids is 1. The number of nitrogens with one attached hydrogen (secondary N) is 1. The Morgan fingerprint density at radius 3 is 2.61 bits per heavy atom. The van der Waals surface area contributed by atoms with Crippen molar-refractivity contribution in [2.75, 3.05) is 19.6 Å². The molecule has 0 radical (unpaired) electrons. The Labute approximate surface area is 138 Å². The minimum Gasteiger partial charge on any atom is -0.366 e. The van der Waals surface area contributed by atoms with Gasteiger partial charge in [0.15, 0.2) is 0 Å². The zero-order valence-corrected chi connectivity index (χ0v) is 14.5. The molecular weight excluding hydrogens is 314 g/mol. The molecule has 128 valence electrons. The van der Waals surface area contributed by atoms with Crippen molar-refractivity contribution in [3.8, 4) is 0 Å². The number of primary amides is 1. The number of amides is 1. The Morgan fingerprint density at radius 1 is 1.39 bits per heavy atom. The minimum absolute atomic E-state index is 0.140. The molecule has 2 rings (SSSR count). The molecule has 6 nitrogen and oxygen atoms in total. The zero-order valence-electron chi connectivity index (χ0n) is 13.7. The number of rotatable bonds is 6. The summed E-state index contributed by atoms with van der Waals surface area (Å²) >= 11 is 0. The Morgan fingerprint density at radius 2 is 2.04 bits per heavy atom. The Hall–Kier alpha value is -1.44. The van der Waals surface area contributed by atoms with Crippen molar-refractivity contribution >= 4 is 15.9 Å². The van der Waals surface area contributed by atoms with Crippen molar-refractivity contribution in [2.24, 2.45) is 11.7 Å². The van der Waals surface area contributed by atoms with Gasteiger partial charge < -0.3 is 5.73 Å². The lowest BCUT2D eigenvalue weighted by Gasteiger charge is -2.35. The van der Waals surface area contributed by atoms with E-state index in [1.807, 2.05) is 6.92 Å². The van der Waals surface area contributed by atoms with Crippen molar-refractivity contribution in [2.45, 2.75) is 37.6 Å². The molecule has 1 saturated heterocycles. The summed E-state index contributed by atoms with van der Waals surface area (Å²) in [6.07, 6.45) is 2.40. The molecule has 0 bridgehead atoms. The normalized spacial score (nSPS) is 21.0. The number of hydrogen-bond acceptors (Lipinski definition) is 4. The molecule has 1 aliphatic rings. The highest BCUT2D eigenvalue weighted by molar-refractivity contribution is 7.89. The molecule has 0 aromatic heterocycles. The fourth-order valence-corrected chi connectivity index (χ4v) is 3.99. The quantitative estimate of drug-likeness (QED) is 0.814. The van der Waals surface area contributed by atoms with Gasteiger partial charge in [-0.3, -0.25) is 9.69 Å². The van der Waals surface area contributed by atoms with Crippen molar-refractivity contribution < 1.29 is 13.2 Å². The largest absolute Gasteiger partial charge is 0.366 e. The Balaban J connectivity index is 1.96. The zero-order chi connectivity index (χ0) is 17.0. The number of hydrogen-bond donors (Lipinski definition) is 2. The van der Waals surface area contributed by atoms with Gasteiger partial charge in [0.25, 0.3) is 0 Å². The number of likely N-dealkylation sites (tertiary alicyclic amines) is 1. The van der Waals surface area contributed by atoms with Crippen LogP contribution in [0.25, 0.3) is 0 Å². The molecule has 3 N–H and O–H groups in total. The number of piperidine rings is 1. The van der Waals surface area contributed by atoms with E-state index in [-0.39, 0.29) is 10.9 Å². The molecule has 0 aliphatic carbocycles. The van der Waals surface area contributed by atoms with Gasteiger partial charge in [0.2, 0.25) is 15.9 Å². The molecule has 2 unspecified atom stereocenters. The fourth-order valence-electron chi connectivity index (χ4n) is 2.87. The van der Waals surface area contributed by atoms with Gasteiger partial charge in [-0.1, -0.05) is 6.92 Å². The fraction of sp³-hybridized carbons (Fsp3) is 0.562. The van der Waals surface area contributed by atoms with Crippen molar-refractivity contribution in [3.63, 3.8) is 0 Å². The van der Waals surface area contributed by atoms with Crippen LogP contribution < -0.4 is 10.5 Å². The summed E-state index contributed by atoms with van der Waals surface area (Å²) in [5.74, 6) is 0.0823. The van der Waals surface area contributed by atoms with Crippen LogP contribution in [0.4, 0.5) is 0 Å². The summed E-state index contributed by atoms with van der Waals surface area (Å²) in [5, 5.41) is 0. The minimum atomic E-state index is -3.58. The van der Waals surface area contributed by atoms with E-state index in [4.69, 9.17) is 5.73 Å². The van der Waals surface area contributed by atoms with Crippen LogP contribution in [0.15, 0.2) is 29.2 Å². The summed E-state index contributed by atoms with van der Waals surface area (Å²) in [6, 6.07) is 5.79. The Bertz CT molecular complexity index is 643. The highest BCUT2D eigenvalue weighted by Crippen LogP contribution is 2.18. The lowest BCUT2D eigenvalue weighted by Crippen LogP contribution is -2.46. The molecule has 0 spiro atoms. The summed E-state index contributed by atoms with van der Waals surface area (Å²) in [7, 11) is -3.58. The third-order valence-corrected chi connectivity index (χ3v) is 5.77. The summed E-state index contributed by atoms with van der Waals surface area (Å²) in [5.41, 5.74) is 5.45. The van der Waals surface area contributed by atoms with E-state index in [0.717, 1.165) is 19.5 Å². The second kappa shape index (κ2) is 7.42. The van der Waals surface area contributed by atoms with Crippen LogP contribution in [0.3, 0.4) is 0 Å². The first-order valence-corrected chi connectivity index (χ1v) is 9.41. The van der Waals surface area contributed by atoms with E-state index in [1.165, 1.54) is 30.7 Å². The molecule has 0 saturated carbocycles. The van der Waals surface area contributed by atoms with Gasteiger partial charge in [-0.05, 0) is 56.5 Å². The van der Waals surface area contributed by atoms with Crippen LogP contribution in [-0.4, -0.2) is 44.9 Å². The molecule has 7 heteroatoms. The standard InChI is InChI=1S/C16H25N3O3S/c1-12-4-3-9-19(11-12)13(2)10-18-23(21,22)15-7-5-14(6-8-15)16(17)20/h5-8,12-13,18H,3-4,9-11H2,1-2H3,(H2,17,20). The van der Waals surface area contributed by atoms with Gasteiger partial charge in [0.05, 0.1) is 4.90 Å². The molecular formula is C16H25N3O3S. The predicted molar refractivity (Wildman–Crippen MR) is 89.6 cm³/mol. The van der Waals surface area contributed by atoms with Gasteiger partial charge in [0, 0.05) is 24.7 Å². The predicted octanol–water partition coefficient (Wildman–Crippen LogP) is 1.18. The van der Waals surface area contributed by atoms with Crippen LogP contribution in [-0.2, 0) is 10.0 Å². The van der Waals surface area contributed by atoms with E-state index in [0.29, 0.717) is 18.0 Å². The number of carbonyl (C=O) groups is 1. The summed E-state index contributed by atoms with van der Waals surface area (Å²) in [4.78, 5) is 13.5. The monoisotopic (exact) mass is 339 g/mol. The summed E-state index contributed by atoms with van der Waals surface area (Å²) < 4.78 is 27.3. The van der Waals surface area contributed by atoms with E-state index >= 15 is 0 Å². The van der Waals surface area contributed by atoms with Crippen molar-refractivity contribution in [3.05, 3.63) is 29.8 Å². The maximum Gasteiger partial charge on any atom is 0.248 e. The topological polar surface area (TPSA) is 92.5 Å². The van der Waals surface area contributed by atoms with Crippen LogP contribution in [0, 0.1) is 5.92 Å². The van der Waals surface area contributed by atoms with E-state index in [9.17, 15) is 13.2 Å². The lowest BCUT2D eigenvalue weighted by molar-refractivity contribution is 0.1000.